The predicted molar refractivity (Wildman–Crippen MR) is 47.3 cm³/mol. The fourth-order valence-electron chi connectivity index (χ4n) is 0.944. The van der Waals surface area contributed by atoms with Gasteiger partial charge in [-0.05, 0) is 17.7 Å². The Morgan fingerprint density at radius 2 is 1.86 bits per heavy atom. The van der Waals surface area contributed by atoms with E-state index in [2.05, 4.69) is 12.6 Å². The van der Waals surface area contributed by atoms with Crippen molar-refractivity contribution in [2.45, 2.75) is 11.6 Å². The number of hydrogen-bond acceptors (Lipinski definition) is 2. The second-order valence-corrected chi connectivity index (χ2v) is 3.24. The highest BCUT2D eigenvalue weighted by atomic mass is 32.1. The molecule has 1 atom stereocenters. The van der Waals surface area contributed by atoms with Gasteiger partial charge in [-0.25, -0.2) is 4.39 Å². The van der Waals surface area contributed by atoms with Crippen molar-refractivity contribution in [2.24, 2.45) is 5.73 Å². The SMILES string of the molecule is NC(S)c1ccc(F)c(C(F)(F)F)c1. The van der Waals surface area contributed by atoms with Gasteiger partial charge in [0.05, 0.1) is 10.9 Å². The minimum atomic E-state index is -4.71. The fourth-order valence-corrected chi connectivity index (χ4v) is 1.10. The van der Waals surface area contributed by atoms with Crippen LogP contribution in [0.1, 0.15) is 16.5 Å². The molecule has 1 aromatic rings. The van der Waals surface area contributed by atoms with Crippen molar-refractivity contribution in [3.05, 3.63) is 35.1 Å². The van der Waals surface area contributed by atoms with Crippen LogP contribution in [0.2, 0.25) is 0 Å². The molecule has 0 aromatic heterocycles. The van der Waals surface area contributed by atoms with Crippen LogP contribution in [-0.2, 0) is 6.18 Å². The van der Waals surface area contributed by atoms with Gasteiger partial charge in [-0.1, -0.05) is 6.07 Å². The topological polar surface area (TPSA) is 26.0 Å². The van der Waals surface area contributed by atoms with Crippen molar-refractivity contribution >= 4 is 12.6 Å². The highest BCUT2D eigenvalue weighted by molar-refractivity contribution is 7.80. The zero-order valence-electron chi connectivity index (χ0n) is 6.85. The van der Waals surface area contributed by atoms with E-state index in [1.54, 1.807) is 0 Å². The van der Waals surface area contributed by atoms with E-state index in [1.807, 2.05) is 0 Å². The second-order valence-electron chi connectivity index (χ2n) is 2.68. The van der Waals surface area contributed by atoms with Gasteiger partial charge in [0, 0.05) is 0 Å². The highest BCUT2D eigenvalue weighted by Gasteiger charge is 2.34. The summed E-state index contributed by atoms with van der Waals surface area (Å²) in [6, 6.07) is 2.56. The van der Waals surface area contributed by atoms with Gasteiger partial charge in [-0.3, -0.25) is 0 Å². The number of benzene rings is 1. The Morgan fingerprint density at radius 3 is 2.29 bits per heavy atom. The Hall–Kier alpha value is -0.750. The van der Waals surface area contributed by atoms with E-state index in [-0.39, 0.29) is 5.56 Å². The maximum Gasteiger partial charge on any atom is 0.419 e. The summed E-state index contributed by atoms with van der Waals surface area (Å²) in [7, 11) is 0. The molecule has 0 spiro atoms. The van der Waals surface area contributed by atoms with E-state index >= 15 is 0 Å². The molecule has 1 aromatic carbocycles. The molecule has 0 radical (unpaired) electrons. The third-order valence-electron chi connectivity index (χ3n) is 1.64. The van der Waals surface area contributed by atoms with Gasteiger partial charge in [0.25, 0.3) is 0 Å². The van der Waals surface area contributed by atoms with Crippen LogP contribution in [0.4, 0.5) is 17.6 Å². The molecule has 0 bridgehead atoms. The lowest BCUT2D eigenvalue weighted by atomic mass is 10.1. The Balaban J connectivity index is 3.22. The van der Waals surface area contributed by atoms with Crippen LogP contribution in [0.5, 0.6) is 0 Å². The zero-order chi connectivity index (χ0) is 10.9. The number of thiol groups is 1. The first kappa shape index (κ1) is 11.3. The first-order valence-electron chi connectivity index (χ1n) is 3.62. The average molecular weight is 225 g/mol. The first-order valence-corrected chi connectivity index (χ1v) is 4.14. The number of halogens is 4. The van der Waals surface area contributed by atoms with E-state index in [0.717, 1.165) is 6.07 Å². The Kier molecular flexibility index (Phi) is 3.06. The molecule has 0 aliphatic rings. The predicted octanol–water partition coefficient (Wildman–Crippen LogP) is 2.73. The van der Waals surface area contributed by atoms with Crippen molar-refractivity contribution in [1.82, 2.24) is 0 Å². The normalized spacial score (nSPS) is 14.1. The molecule has 78 valence electrons. The smallest absolute Gasteiger partial charge is 0.316 e. The molecular formula is C8H7F4NS. The number of hydrogen-bond donors (Lipinski definition) is 2. The molecule has 0 heterocycles. The summed E-state index contributed by atoms with van der Waals surface area (Å²) >= 11 is 3.75. The van der Waals surface area contributed by atoms with Crippen molar-refractivity contribution < 1.29 is 17.6 Å². The Bertz CT molecular complexity index is 335. The lowest BCUT2D eigenvalue weighted by Gasteiger charge is -2.11. The van der Waals surface area contributed by atoms with Gasteiger partial charge < -0.3 is 5.73 Å². The molecule has 1 unspecified atom stereocenters. The molecule has 0 fully saturated rings. The van der Waals surface area contributed by atoms with Crippen LogP contribution in [0.25, 0.3) is 0 Å². The van der Waals surface area contributed by atoms with E-state index in [0.29, 0.717) is 6.07 Å². The largest absolute Gasteiger partial charge is 0.419 e. The van der Waals surface area contributed by atoms with Crippen molar-refractivity contribution in [1.29, 1.82) is 0 Å². The lowest BCUT2D eigenvalue weighted by molar-refractivity contribution is -0.140. The fraction of sp³-hybridized carbons (Fsp3) is 0.250. The summed E-state index contributed by atoms with van der Waals surface area (Å²) in [5.74, 6) is -1.31. The summed E-state index contributed by atoms with van der Waals surface area (Å²) in [6.45, 7) is 0. The minimum absolute atomic E-state index is 0.127. The third-order valence-corrected chi connectivity index (χ3v) is 1.94. The van der Waals surface area contributed by atoms with Gasteiger partial charge in [0.1, 0.15) is 5.82 Å². The van der Waals surface area contributed by atoms with Crippen LogP contribution < -0.4 is 5.73 Å². The Morgan fingerprint density at radius 1 is 1.29 bits per heavy atom. The molecule has 2 N–H and O–H groups in total. The van der Waals surface area contributed by atoms with Crippen molar-refractivity contribution in [3.63, 3.8) is 0 Å². The summed E-state index contributed by atoms with van der Waals surface area (Å²) in [6.07, 6.45) is -4.71. The minimum Gasteiger partial charge on any atom is -0.316 e. The third kappa shape index (κ3) is 2.39. The van der Waals surface area contributed by atoms with Gasteiger partial charge in [-0.15, -0.1) is 0 Å². The molecule has 0 saturated heterocycles. The first-order chi connectivity index (χ1) is 6.32. The van der Waals surface area contributed by atoms with Crippen LogP contribution in [0.15, 0.2) is 18.2 Å². The van der Waals surface area contributed by atoms with Gasteiger partial charge in [-0.2, -0.15) is 25.8 Å². The average Bonchev–Trinajstić information content (AvgIpc) is 2.02. The Labute approximate surface area is 83.3 Å². The number of nitrogens with two attached hydrogens (primary N) is 1. The molecule has 0 amide bonds. The second kappa shape index (κ2) is 3.78. The monoisotopic (exact) mass is 225 g/mol. The molecule has 1 rings (SSSR count). The van der Waals surface area contributed by atoms with E-state index in [4.69, 9.17) is 5.73 Å². The number of alkyl halides is 3. The molecule has 0 aliphatic heterocycles. The van der Waals surface area contributed by atoms with E-state index < -0.39 is 22.9 Å². The van der Waals surface area contributed by atoms with Gasteiger partial charge in [0.15, 0.2) is 0 Å². The molecule has 1 nitrogen and oxygen atoms in total. The molecule has 14 heavy (non-hydrogen) atoms. The van der Waals surface area contributed by atoms with Gasteiger partial charge >= 0.3 is 6.18 Å². The standard InChI is InChI=1S/C8H7F4NS/c9-6-2-1-4(7(13)14)3-5(6)8(10,11)12/h1-3,7,14H,13H2. The lowest BCUT2D eigenvalue weighted by Crippen LogP contribution is -2.11. The van der Waals surface area contributed by atoms with Crippen LogP contribution in [-0.4, -0.2) is 0 Å². The van der Waals surface area contributed by atoms with Crippen LogP contribution in [0.3, 0.4) is 0 Å². The maximum atomic E-state index is 12.7. The summed E-state index contributed by atoms with van der Waals surface area (Å²) in [5.41, 5.74) is 4.06. The van der Waals surface area contributed by atoms with Crippen molar-refractivity contribution in [2.75, 3.05) is 0 Å². The quantitative estimate of drug-likeness (QED) is 0.429. The molecule has 0 saturated carbocycles. The summed E-state index contributed by atoms with van der Waals surface area (Å²) in [4.78, 5) is 0. The molecule has 6 heteroatoms. The van der Waals surface area contributed by atoms with E-state index in [1.165, 1.54) is 6.07 Å². The van der Waals surface area contributed by atoms with Gasteiger partial charge in [0.2, 0.25) is 0 Å². The maximum absolute atomic E-state index is 12.7. The summed E-state index contributed by atoms with van der Waals surface area (Å²) < 4.78 is 49.3. The summed E-state index contributed by atoms with van der Waals surface area (Å²) in [5, 5.41) is -0.850. The number of rotatable bonds is 1. The van der Waals surface area contributed by atoms with E-state index in [9.17, 15) is 17.6 Å². The highest BCUT2D eigenvalue weighted by Crippen LogP contribution is 2.33. The van der Waals surface area contributed by atoms with Crippen LogP contribution in [0, 0.1) is 5.82 Å². The van der Waals surface area contributed by atoms with Crippen molar-refractivity contribution in [3.8, 4) is 0 Å². The molecule has 0 aliphatic carbocycles. The molecular weight excluding hydrogens is 218 g/mol. The van der Waals surface area contributed by atoms with Crippen LogP contribution >= 0.6 is 12.6 Å². The zero-order valence-corrected chi connectivity index (χ0v) is 7.74.